The predicted octanol–water partition coefficient (Wildman–Crippen LogP) is 2.69. The molecule has 29 heavy (non-hydrogen) atoms. The first-order valence-corrected chi connectivity index (χ1v) is 11.1. The zero-order valence-electron chi connectivity index (χ0n) is 16.4. The van der Waals surface area contributed by atoms with Crippen LogP contribution in [0, 0.1) is 0 Å². The summed E-state index contributed by atoms with van der Waals surface area (Å²) in [4.78, 5) is 33.4. The van der Waals surface area contributed by atoms with Crippen molar-refractivity contribution in [1.29, 1.82) is 0 Å². The van der Waals surface area contributed by atoms with Crippen LogP contribution in [0.25, 0.3) is 10.4 Å². The molecule has 0 bridgehead atoms. The van der Waals surface area contributed by atoms with E-state index in [-0.39, 0.29) is 11.8 Å². The SMILES string of the molecule is O=C(CN1CCN(C(=O)c2cc3c(s2)-c2ccccc2OC3)CC1)N1CCCC1. The quantitative estimate of drug-likeness (QED) is 0.779. The number of rotatable bonds is 3. The first-order valence-electron chi connectivity index (χ1n) is 10.3. The molecule has 152 valence electrons. The van der Waals surface area contributed by atoms with Gasteiger partial charge in [-0.1, -0.05) is 12.1 Å². The van der Waals surface area contributed by atoms with Crippen molar-refractivity contribution < 1.29 is 14.3 Å². The average Bonchev–Trinajstić information content (AvgIpc) is 3.44. The number of para-hydroxylation sites is 1. The molecule has 6 nitrogen and oxygen atoms in total. The number of thiophene rings is 1. The van der Waals surface area contributed by atoms with Crippen molar-refractivity contribution in [3.05, 3.63) is 40.8 Å². The average molecular weight is 412 g/mol. The van der Waals surface area contributed by atoms with Gasteiger partial charge >= 0.3 is 0 Å². The number of fused-ring (bicyclic) bond motifs is 3. The molecule has 2 fully saturated rings. The maximum Gasteiger partial charge on any atom is 0.264 e. The fraction of sp³-hybridized carbons (Fsp3) is 0.455. The van der Waals surface area contributed by atoms with E-state index in [1.54, 1.807) is 11.3 Å². The molecule has 0 saturated carbocycles. The van der Waals surface area contributed by atoms with Gasteiger partial charge in [-0.25, -0.2) is 0 Å². The van der Waals surface area contributed by atoms with Crippen molar-refractivity contribution in [3.63, 3.8) is 0 Å². The van der Waals surface area contributed by atoms with Crippen molar-refractivity contribution in [2.45, 2.75) is 19.4 Å². The van der Waals surface area contributed by atoms with E-state index in [1.807, 2.05) is 40.1 Å². The monoisotopic (exact) mass is 411 g/mol. The largest absolute Gasteiger partial charge is 0.488 e. The molecule has 0 aliphatic carbocycles. The molecule has 7 heteroatoms. The lowest BCUT2D eigenvalue weighted by Crippen LogP contribution is -2.51. The maximum absolute atomic E-state index is 13.1. The Morgan fingerprint density at radius 1 is 0.966 bits per heavy atom. The van der Waals surface area contributed by atoms with Gasteiger partial charge in [0.05, 0.1) is 11.4 Å². The van der Waals surface area contributed by atoms with Crippen molar-refractivity contribution in [3.8, 4) is 16.2 Å². The van der Waals surface area contributed by atoms with E-state index < -0.39 is 0 Å². The second kappa shape index (κ2) is 7.80. The number of hydrogen-bond donors (Lipinski definition) is 0. The van der Waals surface area contributed by atoms with Gasteiger partial charge in [-0.05, 0) is 31.0 Å². The van der Waals surface area contributed by atoms with E-state index in [4.69, 9.17) is 4.74 Å². The molecule has 2 aromatic rings. The van der Waals surface area contributed by atoms with Crippen LogP contribution < -0.4 is 4.74 Å². The molecule has 0 radical (unpaired) electrons. The van der Waals surface area contributed by atoms with Gasteiger partial charge in [0.25, 0.3) is 5.91 Å². The van der Waals surface area contributed by atoms with Crippen molar-refractivity contribution in [2.75, 3.05) is 45.8 Å². The maximum atomic E-state index is 13.1. The van der Waals surface area contributed by atoms with Gasteiger partial charge in [-0.15, -0.1) is 11.3 Å². The minimum atomic E-state index is 0.0902. The standard InChI is InChI=1S/C22H25N3O3S/c26-20(24-7-3-4-8-24)14-23-9-11-25(12-10-23)22(27)19-13-16-15-28-18-6-2-1-5-17(18)21(16)29-19/h1-2,5-6,13H,3-4,7-12,14-15H2. The molecular weight excluding hydrogens is 386 g/mol. The summed E-state index contributed by atoms with van der Waals surface area (Å²) in [5.41, 5.74) is 2.16. The van der Waals surface area contributed by atoms with Crippen LogP contribution >= 0.6 is 11.3 Å². The number of benzene rings is 1. The van der Waals surface area contributed by atoms with Crippen LogP contribution in [0.3, 0.4) is 0 Å². The molecule has 2 amide bonds. The number of hydrogen-bond acceptors (Lipinski definition) is 5. The van der Waals surface area contributed by atoms with Crippen LogP contribution in [0.4, 0.5) is 0 Å². The summed E-state index contributed by atoms with van der Waals surface area (Å²) in [6.07, 6.45) is 2.24. The molecule has 0 spiro atoms. The molecule has 0 atom stereocenters. The normalized spacial score (nSPS) is 18.9. The van der Waals surface area contributed by atoms with Gasteiger partial charge in [0.1, 0.15) is 12.4 Å². The van der Waals surface area contributed by atoms with E-state index in [9.17, 15) is 9.59 Å². The summed E-state index contributed by atoms with van der Waals surface area (Å²) in [5, 5.41) is 0. The van der Waals surface area contributed by atoms with Crippen molar-refractivity contribution in [1.82, 2.24) is 14.7 Å². The van der Waals surface area contributed by atoms with Gasteiger partial charge in [0, 0.05) is 55.3 Å². The van der Waals surface area contributed by atoms with Crippen LogP contribution in [0.5, 0.6) is 5.75 Å². The highest BCUT2D eigenvalue weighted by atomic mass is 32.1. The number of amides is 2. The highest BCUT2D eigenvalue weighted by Crippen LogP contribution is 2.42. The van der Waals surface area contributed by atoms with Crippen LogP contribution in [0.1, 0.15) is 28.1 Å². The van der Waals surface area contributed by atoms with Gasteiger partial charge in [0.2, 0.25) is 5.91 Å². The lowest BCUT2D eigenvalue weighted by Gasteiger charge is -2.34. The van der Waals surface area contributed by atoms with Gasteiger partial charge in [-0.2, -0.15) is 0 Å². The van der Waals surface area contributed by atoms with Gasteiger partial charge in [0.15, 0.2) is 0 Å². The first-order chi connectivity index (χ1) is 14.2. The second-order valence-corrected chi connectivity index (χ2v) is 8.96. The topological polar surface area (TPSA) is 53.1 Å². The Bertz CT molecular complexity index is 927. The summed E-state index contributed by atoms with van der Waals surface area (Å²) in [6, 6.07) is 9.98. The van der Waals surface area contributed by atoms with E-state index >= 15 is 0 Å². The lowest BCUT2D eigenvalue weighted by atomic mass is 10.1. The number of ether oxygens (including phenoxy) is 1. The number of carbonyl (C=O) groups excluding carboxylic acids is 2. The molecule has 2 saturated heterocycles. The Hall–Kier alpha value is -2.38. The minimum Gasteiger partial charge on any atom is -0.488 e. The van der Waals surface area contributed by atoms with Crippen LogP contribution in [0.2, 0.25) is 0 Å². The van der Waals surface area contributed by atoms with E-state index in [0.29, 0.717) is 26.2 Å². The summed E-state index contributed by atoms with van der Waals surface area (Å²) < 4.78 is 5.82. The molecule has 1 aromatic heterocycles. The van der Waals surface area contributed by atoms with E-state index in [2.05, 4.69) is 4.90 Å². The number of likely N-dealkylation sites (tertiary alicyclic amines) is 1. The highest BCUT2D eigenvalue weighted by Gasteiger charge is 2.28. The summed E-state index contributed by atoms with van der Waals surface area (Å²) in [6.45, 7) is 5.63. The lowest BCUT2D eigenvalue weighted by molar-refractivity contribution is -0.131. The van der Waals surface area contributed by atoms with Gasteiger partial charge in [-0.3, -0.25) is 14.5 Å². The Labute approximate surface area is 174 Å². The summed E-state index contributed by atoms with van der Waals surface area (Å²) in [7, 11) is 0. The first kappa shape index (κ1) is 18.6. The molecular formula is C22H25N3O3S. The third-order valence-electron chi connectivity index (χ3n) is 6.01. The molecule has 0 N–H and O–H groups in total. The predicted molar refractivity (Wildman–Crippen MR) is 112 cm³/mol. The van der Waals surface area contributed by atoms with E-state index in [1.165, 1.54) is 0 Å². The Balaban J connectivity index is 1.22. The van der Waals surface area contributed by atoms with Crippen LogP contribution in [-0.2, 0) is 11.4 Å². The molecule has 0 unspecified atom stereocenters. The molecule has 3 aliphatic rings. The molecule has 5 rings (SSSR count). The Kier molecular flexibility index (Phi) is 5.01. The zero-order chi connectivity index (χ0) is 19.8. The van der Waals surface area contributed by atoms with Crippen LogP contribution in [0.15, 0.2) is 30.3 Å². The number of nitrogens with zero attached hydrogens (tertiary/aromatic N) is 3. The minimum absolute atomic E-state index is 0.0902. The molecule has 4 heterocycles. The second-order valence-electron chi connectivity index (χ2n) is 7.91. The fourth-order valence-corrected chi connectivity index (χ4v) is 5.49. The van der Waals surface area contributed by atoms with Gasteiger partial charge < -0.3 is 14.5 Å². The summed E-state index contributed by atoms with van der Waals surface area (Å²) in [5.74, 6) is 1.21. The zero-order valence-corrected chi connectivity index (χ0v) is 17.2. The smallest absolute Gasteiger partial charge is 0.264 e. The van der Waals surface area contributed by atoms with Crippen molar-refractivity contribution in [2.24, 2.45) is 0 Å². The summed E-state index contributed by atoms with van der Waals surface area (Å²) >= 11 is 1.56. The third kappa shape index (κ3) is 3.65. The van der Waals surface area contributed by atoms with Crippen molar-refractivity contribution >= 4 is 23.2 Å². The number of piperazine rings is 1. The van der Waals surface area contributed by atoms with Crippen LogP contribution in [-0.4, -0.2) is 72.3 Å². The highest BCUT2D eigenvalue weighted by molar-refractivity contribution is 7.17. The Morgan fingerprint density at radius 2 is 1.72 bits per heavy atom. The third-order valence-corrected chi connectivity index (χ3v) is 7.21. The van der Waals surface area contributed by atoms with E-state index in [0.717, 1.165) is 65.7 Å². The molecule has 3 aliphatic heterocycles. The fourth-order valence-electron chi connectivity index (χ4n) is 4.33. The molecule has 1 aromatic carbocycles. The number of carbonyl (C=O) groups is 2. The Morgan fingerprint density at radius 3 is 2.52 bits per heavy atom.